The molecule has 2 aromatic carbocycles. The van der Waals surface area contributed by atoms with Crippen molar-refractivity contribution in [1.29, 1.82) is 0 Å². The Hall–Kier alpha value is -2.45. The van der Waals surface area contributed by atoms with Gasteiger partial charge < -0.3 is 10.6 Å². The first kappa shape index (κ1) is 18.3. The lowest BCUT2D eigenvalue weighted by Crippen LogP contribution is -2.18. The highest BCUT2D eigenvalue weighted by molar-refractivity contribution is 14.1. The predicted molar refractivity (Wildman–Crippen MR) is 111 cm³/mol. The molecule has 0 atom stereocenters. The Morgan fingerprint density at radius 3 is 2.54 bits per heavy atom. The van der Waals surface area contributed by atoms with Crippen LogP contribution in [0.5, 0.6) is 0 Å². The standard InChI is InChI=1S/C19H13ClIN3O2/c20-13-4-1-5-15(9-13)23-19(26)16-10-14(21)6-7-17(16)24-18(25)12-3-2-8-22-11-12/h1-11H,(H,23,26)(H,24,25). The number of aromatic nitrogens is 1. The molecular weight excluding hydrogens is 465 g/mol. The van der Waals surface area contributed by atoms with Crippen molar-refractivity contribution in [1.82, 2.24) is 4.98 Å². The van der Waals surface area contributed by atoms with Crippen molar-refractivity contribution in [3.8, 4) is 0 Å². The average molecular weight is 478 g/mol. The summed E-state index contributed by atoms with van der Waals surface area (Å²) in [6, 6.07) is 15.4. The summed E-state index contributed by atoms with van der Waals surface area (Å²) in [4.78, 5) is 29.0. The first-order chi connectivity index (χ1) is 12.5. The van der Waals surface area contributed by atoms with E-state index in [-0.39, 0.29) is 11.8 Å². The van der Waals surface area contributed by atoms with Gasteiger partial charge in [-0.3, -0.25) is 14.6 Å². The third-order valence-corrected chi connectivity index (χ3v) is 4.39. The number of nitrogens with zero attached hydrogens (tertiary/aromatic N) is 1. The van der Waals surface area contributed by atoms with E-state index in [1.54, 1.807) is 54.7 Å². The van der Waals surface area contributed by atoms with Crippen LogP contribution in [0, 0.1) is 3.57 Å². The molecule has 130 valence electrons. The van der Waals surface area contributed by atoms with E-state index in [9.17, 15) is 9.59 Å². The Kier molecular flexibility index (Phi) is 5.85. The summed E-state index contributed by atoms with van der Waals surface area (Å²) in [5.41, 5.74) is 1.76. The maximum Gasteiger partial charge on any atom is 0.257 e. The van der Waals surface area contributed by atoms with Crippen molar-refractivity contribution in [3.63, 3.8) is 0 Å². The van der Waals surface area contributed by atoms with Gasteiger partial charge in [0.15, 0.2) is 0 Å². The number of carbonyl (C=O) groups is 2. The number of hydrogen-bond donors (Lipinski definition) is 2. The van der Waals surface area contributed by atoms with Gasteiger partial charge in [0, 0.05) is 26.7 Å². The summed E-state index contributed by atoms with van der Waals surface area (Å²) in [6.07, 6.45) is 3.05. The third-order valence-electron chi connectivity index (χ3n) is 3.48. The summed E-state index contributed by atoms with van der Waals surface area (Å²) in [7, 11) is 0. The van der Waals surface area contributed by atoms with E-state index in [0.717, 1.165) is 3.57 Å². The first-order valence-corrected chi connectivity index (χ1v) is 9.06. The van der Waals surface area contributed by atoms with Gasteiger partial charge in [-0.25, -0.2) is 0 Å². The number of carbonyl (C=O) groups excluding carboxylic acids is 2. The van der Waals surface area contributed by atoms with Crippen molar-refractivity contribution in [3.05, 3.63) is 86.7 Å². The van der Waals surface area contributed by atoms with Crippen LogP contribution < -0.4 is 10.6 Å². The molecule has 0 fully saturated rings. The molecular formula is C19H13ClIN3O2. The second kappa shape index (κ2) is 8.29. The van der Waals surface area contributed by atoms with Gasteiger partial charge in [-0.2, -0.15) is 0 Å². The van der Waals surface area contributed by atoms with E-state index in [2.05, 4.69) is 38.2 Å². The van der Waals surface area contributed by atoms with Crippen LogP contribution in [0.25, 0.3) is 0 Å². The van der Waals surface area contributed by atoms with E-state index < -0.39 is 0 Å². The number of hydrogen-bond acceptors (Lipinski definition) is 3. The van der Waals surface area contributed by atoms with Gasteiger partial charge in [0.2, 0.25) is 0 Å². The lowest BCUT2D eigenvalue weighted by molar-refractivity contribution is 0.102. The van der Waals surface area contributed by atoms with Crippen molar-refractivity contribution in [2.45, 2.75) is 0 Å². The first-order valence-electron chi connectivity index (χ1n) is 7.61. The van der Waals surface area contributed by atoms with Crippen LogP contribution >= 0.6 is 34.2 Å². The van der Waals surface area contributed by atoms with Gasteiger partial charge in [0.25, 0.3) is 11.8 Å². The van der Waals surface area contributed by atoms with Gasteiger partial charge >= 0.3 is 0 Å². The molecule has 3 aromatic rings. The molecule has 3 rings (SSSR count). The minimum absolute atomic E-state index is 0.337. The fraction of sp³-hybridized carbons (Fsp3) is 0. The topological polar surface area (TPSA) is 71.1 Å². The second-order valence-electron chi connectivity index (χ2n) is 5.35. The maximum absolute atomic E-state index is 12.7. The maximum atomic E-state index is 12.7. The zero-order chi connectivity index (χ0) is 18.5. The molecule has 0 bridgehead atoms. The minimum Gasteiger partial charge on any atom is -0.322 e. The monoisotopic (exact) mass is 477 g/mol. The SMILES string of the molecule is O=C(Nc1ccc(I)cc1C(=O)Nc1cccc(Cl)c1)c1cccnc1. The molecule has 0 radical (unpaired) electrons. The quantitative estimate of drug-likeness (QED) is 0.528. The molecule has 0 unspecified atom stereocenters. The predicted octanol–water partition coefficient (Wildman–Crippen LogP) is 4.84. The molecule has 2 amide bonds. The molecule has 7 heteroatoms. The zero-order valence-corrected chi connectivity index (χ0v) is 16.3. The van der Waals surface area contributed by atoms with Crippen molar-refractivity contribution < 1.29 is 9.59 Å². The molecule has 1 aromatic heterocycles. The molecule has 26 heavy (non-hydrogen) atoms. The van der Waals surface area contributed by atoms with Gasteiger partial charge in [-0.05, 0) is 71.1 Å². The Labute approximate surface area is 168 Å². The van der Waals surface area contributed by atoms with E-state index in [4.69, 9.17) is 11.6 Å². The molecule has 0 aliphatic rings. The summed E-state index contributed by atoms with van der Waals surface area (Å²) >= 11 is 8.07. The van der Waals surface area contributed by atoms with Gasteiger partial charge in [0.1, 0.15) is 0 Å². The summed E-state index contributed by atoms with van der Waals surface area (Å²) in [5, 5.41) is 6.08. The molecule has 1 heterocycles. The lowest BCUT2D eigenvalue weighted by Gasteiger charge is -2.12. The fourth-order valence-electron chi connectivity index (χ4n) is 2.27. The van der Waals surface area contributed by atoms with Crippen LogP contribution in [-0.2, 0) is 0 Å². The van der Waals surface area contributed by atoms with E-state index in [1.807, 2.05) is 6.07 Å². The van der Waals surface area contributed by atoms with Crippen LogP contribution in [0.2, 0.25) is 5.02 Å². The van der Waals surface area contributed by atoms with Crippen LogP contribution in [0.4, 0.5) is 11.4 Å². The number of pyridine rings is 1. The highest BCUT2D eigenvalue weighted by Crippen LogP contribution is 2.22. The van der Waals surface area contributed by atoms with Crippen molar-refractivity contribution in [2.75, 3.05) is 10.6 Å². The molecule has 0 aliphatic heterocycles. The second-order valence-corrected chi connectivity index (χ2v) is 7.03. The highest BCUT2D eigenvalue weighted by atomic mass is 127. The Morgan fingerprint density at radius 1 is 0.962 bits per heavy atom. The van der Waals surface area contributed by atoms with Crippen LogP contribution in [0.1, 0.15) is 20.7 Å². The number of halogens is 2. The summed E-state index contributed by atoms with van der Waals surface area (Å²) in [6.45, 7) is 0. The van der Waals surface area contributed by atoms with Gasteiger partial charge in [0.05, 0.1) is 16.8 Å². The molecule has 0 aliphatic carbocycles. The lowest BCUT2D eigenvalue weighted by atomic mass is 10.1. The zero-order valence-electron chi connectivity index (χ0n) is 13.4. The average Bonchev–Trinajstić information content (AvgIpc) is 2.64. The molecule has 2 N–H and O–H groups in total. The molecule has 0 saturated carbocycles. The normalized spacial score (nSPS) is 10.2. The molecule has 0 saturated heterocycles. The number of benzene rings is 2. The highest BCUT2D eigenvalue weighted by Gasteiger charge is 2.15. The minimum atomic E-state index is -0.340. The number of anilines is 2. The number of rotatable bonds is 4. The van der Waals surface area contributed by atoms with Crippen LogP contribution in [0.15, 0.2) is 67.0 Å². The van der Waals surface area contributed by atoms with Crippen LogP contribution in [0.3, 0.4) is 0 Å². The smallest absolute Gasteiger partial charge is 0.257 e. The number of nitrogens with one attached hydrogen (secondary N) is 2. The van der Waals surface area contributed by atoms with Crippen molar-refractivity contribution in [2.24, 2.45) is 0 Å². The van der Waals surface area contributed by atoms with E-state index in [1.165, 1.54) is 6.20 Å². The summed E-state index contributed by atoms with van der Waals surface area (Å²) in [5.74, 6) is -0.677. The number of amides is 2. The fourth-order valence-corrected chi connectivity index (χ4v) is 2.95. The van der Waals surface area contributed by atoms with E-state index in [0.29, 0.717) is 27.5 Å². The van der Waals surface area contributed by atoms with Crippen molar-refractivity contribution >= 4 is 57.4 Å². The summed E-state index contributed by atoms with van der Waals surface area (Å²) < 4.78 is 0.873. The Morgan fingerprint density at radius 2 is 1.81 bits per heavy atom. The van der Waals surface area contributed by atoms with Gasteiger partial charge in [-0.1, -0.05) is 17.7 Å². The Bertz CT molecular complexity index is 964. The van der Waals surface area contributed by atoms with Gasteiger partial charge in [-0.15, -0.1) is 0 Å². The largest absolute Gasteiger partial charge is 0.322 e. The van der Waals surface area contributed by atoms with E-state index >= 15 is 0 Å². The third kappa shape index (κ3) is 4.59. The molecule has 5 nitrogen and oxygen atoms in total. The molecule has 0 spiro atoms. The Balaban J connectivity index is 1.86. The van der Waals surface area contributed by atoms with Crippen LogP contribution in [-0.4, -0.2) is 16.8 Å².